The maximum Gasteiger partial charge on any atom is 0.345 e. The van der Waals surface area contributed by atoms with Gasteiger partial charge in [0.1, 0.15) is 11.5 Å². The molecule has 0 heterocycles. The summed E-state index contributed by atoms with van der Waals surface area (Å²) < 4.78 is 11.9. The van der Waals surface area contributed by atoms with Crippen molar-refractivity contribution >= 4 is 11.9 Å². The lowest BCUT2D eigenvalue weighted by Gasteiger charge is -2.28. The van der Waals surface area contributed by atoms with E-state index in [4.69, 9.17) is 9.47 Å². The molecular weight excluding hydrogens is 444 g/mol. The zero-order valence-corrected chi connectivity index (χ0v) is 22.3. The van der Waals surface area contributed by atoms with Gasteiger partial charge in [-0.25, -0.2) is 9.59 Å². The van der Waals surface area contributed by atoms with E-state index in [2.05, 4.69) is 13.8 Å². The predicted octanol–water partition coefficient (Wildman–Crippen LogP) is 6.16. The molecule has 6 heteroatoms. The first kappa shape index (κ1) is 28.2. The molecule has 192 valence electrons. The van der Waals surface area contributed by atoms with Gasteiger partial charge in [-0.05, 0) is 58.1 Å². The third-order valence-corrected chi connectivity index (χ3v) is 6.04. The highest BCUT2D eigenvalue weighted by Gasteiger charge is 2.33. The molecule has 0 saturated heterocycles. The van der Waals surface area contributed by atoms with E-state index < -0.39 is 24.1 Å². The molecular formula is C29H40O6. The van der Waals surface area contributed by atoms with E-state index in [-0.39, 0.29) is 17.3 Å². The SMILES string of the molecule is CCc1ccc(OC(CC(Oc2ccc(CC)cc2C(C)(C)C)C(=O)O)C(=O)O)c(C(C)(C)C)c1. The van der Waals surface area contributed by atoms with Crippen molar-refractivity contribution in [1.82, 2.24) is 0 Å². The van der Waals surface area contributed by atoms with Crippen LogP contribution in [0, 0.1) is 0 Å². The molecule has 0 aliphatic carbocycles. The number of carboxylic acid groups (broad SMARTS) is 2. The van der Waals surface area contributed by atoms with Gasteiger partial charge in [0.05, 0.1) is 0 Å². The summed E-state index contributed by atoms with van der Waals surface area (Å²) in [6.45, 7) is 16.3. The van der Waals surface area contributed by atoms with Crippen LogP contribution in [0.1, 0.15) is 84.1 Å². The normalized spacial score (nSPS) is 13.7. The molecule has 6 nitrogen and oxygen atoms in total. The highest BCUT2D eigenvalue weighted by molar-refractivity contribution is 5.77. The Hall–Kier alpha value is -3.02. The van der Waals surface area contributed by atoms with Crippen molar-refractivity contribution in [1.29, 1.82) is 0 Å². The summed E-state index contributed by atoms with van der Waals surface area (Å²) in [6.07, 6.45) is -1.44. The van der Waals surface area contributed by atoms with Crippen LogP contribution in [0.3, 0.4) is 0 Å². The van der Waals surface area contributed by atoms with E-state index in [1.165, 1.54) is 0 Å². The van der Waals surface area contributed by atoms with Gasteiger partial charge >= 0.3 is 11.9 Å². The zero-order chi connectivity index (χ0) is 26.6. The minimum absolute atomic E-state index is 0.283. The van der Waals surface area contributed by atoms with E-state index in [1.807, 2.05) is 65.8 Å². The maximum atomic E-state index is 12.1. The van der Waals surface area contributed by atoms with Crippen LogP contribution in [0.5, 0.6) is 11.5 Å². The number of aryl methyl sites for hydroxylation is 2. The Balaban J connectivity index is 2.39. The summed E-state index contributed by atoms with van der Waals surface area (Å²) in [5, 5.41) is 19.8. The average Bonchev–Trinajstić information content (AvgIpc) is 2.76. The van der Waals surface area contributed by atoms with Crippen molar-refractivity contribution in [2.75, 3.05) is 0 Å². The van der Waals surface area contributed by atoms with Crippen LogP contribution >= 0.6 is 0 Å². The van der Waals surface area contributed by atoms with Crippen molar-refractivity contribution in [3.05, 3.63) is 58.7 Å². The molecule has 0 aliphatic heterocycles. The van der Waals surface area contributed by atoms with Gasteiger partial charge in [-0.2, -0.15) is 0 Å². The fraction of sp³-hybridized carbons (Fsp3) is 0.517. The van der Waals surface area contributed by atoms with E-state index in [9.17, 15) is 19.8 Å². The van der Waals surface area contributed by atoms with Gasteiger partial charge < -0.3 is 19.7 Å². The monoisotopic (exact) mass is 484 g/mol. The van der Waals surface area contributed by atoms with Crippen molar-refractivity contribution in [3.63, 3.8) is 0 Å². The van der Waals surface area contributed by atoms with Gasteiger partial charge in [0, 0.05) is 6.42 Å². The van der Waals surface area contributed by atoms with E-state index >= 15 is 0 Å². The number of hydrogen-bond donors (Lipinski definition) is 2. The Morgan fingerprint density at radius 2 is 1.06 bits per heavy atom. The third kappa shape index (κ3) is 7.48. The lowest BCUT2D eigenvalue weighted by Crippen LogP contribution is -2.38. The van der Waals surface area contributed by atoms with Gasteiger partial charge in [-0.15, -0.1) is 0 Å². The van der Waals surface area contributed by atoms with Crippen LogP contribution < -0.4 is 9.47 Å². The number of rotatable bonds is 10. The Labute approximate surface area is 209 Å². The lowest BCUT2D eigenvalue weighted by atomic mass is 9.85. The minimum Gasteiger partial charge on any atom is -0.479 e. The van der Waals surface area contributed by atoms with Gasteiger partial charge in [-0.1, -0.05) is 79.7 Å². The van der Waals surface area contributed by atoms with Gasteiger partial charge in [-0.3, -0.25) is 0 Å². The Morgan fingerprint density at radius 3 is 1.31 bits per heavy atom. The first-order valence-electron chi connectivity index (χ1n) is 12.2. The summed E-state index contributed by atoms with van der Waals surface area (Å²) in [7, 11) is 0. The molecule has 0 amide bonds. The largest absolute Gasteiger partial charge is 0.479 e. The van der Waals surface area contributed by atoms with Crippen LogP contribution in [0.15, 0.2) is 36.4 Å². The van der Waals surface area contributed by atoms with Crippen LogP contribution in [0.2, 0.25) is 0 Å². The number of benzene rings is 2. The second-order valence-corrected chi connectivity index (χ2v) is 11.0. The van der Waals surface area contributed by atoms with Gasteiger partial charge in [0.25, 0.3) is 0 Å². The van der Waals surface area contributed by atoms with Crippen LogP contribution in [0.25, 0.3) is 0 Å². The molecule has 0 saturated carbocycles. The van der Waals surface area contributed by atoms with E-state index in [0.717, 1.165) is 35.1 Å². The molecule has 2 aromatic rings. The number of aliphatic carboxylic acids is 2. The van der Waals surface area contributed by atoms with Gasteiger partial charge in [0.15, 0.2) is 12.2 Å². The standard InChI is InChI=1S/C29H40O6/c1-9-18-11-13-22(20(15-18)28(3,4)5)34-24(26(30)31)17-25(27(32)33)35-23-14-12-19(10-2)16-21(23)29(6,7)8/h11-16,24-25H,9-10,17H2,1-8H3,(H,30,31)(H,32,33). The highest BCUT2D eigenvalue weighted by Crippen LogP contribution is 2.35. The number of ether oxygens (including phenoxy) is 2. The smallest absolute Gasteiger partial charge is 0.345 e. The number of carboxylic acids is 2. The maximum absolute atomic E-state index is 12.1. The molecule has 2 unspecified atom stereocenters. The average molecular weight is 485 g/mol. The molecule has 0 aliphatic rings. The summed E-state index contributed by atoms with van der Waals surface area (Å²) >= 11 is 0. The van der Waals surface area contributed by atoms with Gasteiger partial charge in [0.2, 0.25) is 0 Å². The predicted molar refractivity (Wildman–Crippen MR) is 138 cm³/mol. The zero-order valence-electron chi connectivity index (χ0n) is 22.3. The summed E-state index contributed by atoms with van der Waals surface area (Å²) in [5.74, 6) is -1.60. The van der Waals surface area contributed by atoms with E-state index in [1.54, 1.807) is 12.1 Å². The molecule has 35 heavy (non-hydrogen) atoms. The fourth-order valence-electron chi connectivity index (χ4n) is 3.87. The summed E-state index contributed by atoms with van der Waals surface area (Å²) in [6, 6.07) is 11.4. The summed E-state index contributed by atoms with van der Waals surface area (Å²) in [4.78, 5) is 24.3. The number of hydrogen-bond acceptors (Lipinski definition) is 4. The summed E-state index contributed by atoms with van der Waals surface area (Å²) in [5.41, 5.74) is 3.42. The second kappa shape index (κ2) is 11.1. The minimum atomic E-state index is -1.39. The topological polar surface area (TPSA) is 93.1 Å². The van der Waals surface area contributed by atoms with Crippen LogP contribution in [0.4, 0.5) is 0 Å². The Bertz CT molecular complexity index is 959. The molecule has 0 fully saturated rings. The molecule has 0 bridgehead atoms. The van der Waals surface area contributed by atoms with Crippen molar-refractivity contribution < 1.29 is 29.3 Å². The molecule has 2 aromatic carbocycles. The van der Waals surface area contributed by atoms with Crippen molar-refractivity contribution in [2.45, 2.75) is 97.7 Å². The molecule has 0 spiro atoms. The lowest BCUT2D eigenvalue weighted by molar-refractivity contribution is -0.151. The fourth-order valence-corrected chi connectivity index (χ4v) is 3.87. The second-order valence-electron chi connectivity index (χ2n) is 11.0. The molecule has 2 atom stereocenters. The molecule has 0 radical (unpaired) electrons. The van der Waals surface area contributed by atoms with Crippen LogP contribution in [-0.2, 0) is 33.3 Å². The van der Waals surface area contributed by atoms with Crippen molar-refractivity contribution in [2.24, 2.45) is 0 Å². The van der Waals surface area contributed by atoms with Crippen LogP contribution in [-0.4, -0.2) is 34.4 Å². The number of carbonyl (C=O) groups is 2. The molecule has 2 N–H and O–H groups in total. The van der Waals surface area contributed by atoms with E-state index in [0.29, 0.717) is 11.5 Å². The Kier molecular flexibility index (Phi) is 8.99. The van der Waals surface area contributed by atoms with Crippen molar-refractivity contribution in [3.8, 4) is 11.5 Å². The molecule has 0 aromatic heterocycles. The quantitative estimate of drug-likeness (QED) is 0.419. The Morgan fingerprint density at radius 1 is 0.714 bits per heavy atom. The molecule has 2 rings (SSSR count). The first-order chi connectivity index (χ1) is 16.2. The third-order valence-electron chi connectivity index (χ3n) is 6.04. The first-order valence-corrected chi connectivity index (χ1v) is 12.2. The highest BCUT2D eigenvalue weighted by atomic mass is 16.5.